The van der Waals surface area contributed by atoms with E-state index in [4.69, 9.17) is 5.73 Å². The molecular formula is C16H21FN4. The summed E-state index contributed by atoms with van der Waals surface area (Å²) >= 11 is 0. The van der Waals surface area contributed by atoms with Crippen molar-refractivity contribution in [2.45, 2.75) is 32.5 Å². The van der Waals surface area contributed by atoms with Gasteiger partial charge in [0.05, 0.1) is 6.54 Å². The van der Waals surface area contributed by atoms with E-state index in [0.717, 1.165) is 44.0 Å². The van der Waals surface area contributed by atoms with Gasteiger partial charge in [0.1, 0.15) is 11.6 Å². The molecule has 0 saturated heterocycles. The fraction of sp³-hybridized carbons (Fsp3) is 0.438. The van der Waals surface area contributed by atoms with Crippen LogP contribution in [0.3, 0.4) is 0 Å². The minimum absolute atomic E-state index is 0.123. The van der Waals surface area contributed by atoms with Crippen LogP contribution in [-0.2, 0) is 13.1 Å². The number of nitrogens with zero attached hydrogens (tertiary/aromatic N) is 3. The first-order chi connectivity index (χ1) is 10.1. The molecule has 0 spiro atoms. The van der Waals surface area contributed by atoms with Crippen LogP contribution in [-0.4, -0.2) is 27.5 Å². The highest BCUT2D eigenvalue weighted by atomic mass is 19.1. The lowest BCUT2D eigenvalue weighted by Crippen LogP contribution is -2.35. The Morgan fingerprint density at radius 3 is 3.05 bits per heavy atom. The normalized spacial score (nSPS) is 16.7. The molecule has 2 heterocycles. The van der Waals surface area contributed by atoms with Crippen molar-refractivity contribution in [2.75, 3.05) is 13.1 Å². The molecule has 0 aliphatic carbocycles. The first-order valence-corrected chi connectivity index (χ1v) is 7.37. The van der Waals surface area contributed by atoms with E-state index in [1.165, 1.54) is 0 Å². The molecule has 0 saturated carbocycles. The van der Waals surface area contributed by atoms with Crippen LogP contribution in [0.2, 0.25) is 0 Å². The van der Waals surface area contributed by atoms with Gasteiger partial charge in [-0.2, -0.15) is 0 Å². The van der Waals surface area contributed by atoms with Crippen LogP contribution < -0.4 is 5.73 Å². The number of fused-ring (bicyclic) bond motifs is 1. The van der Waals surface area contributed by atoms with Gasteiger partial charge in [-0.15, -0.1) is 0 Å². The zero-order chi connectivity index (χ0) is 14.8. The summed E-state index contributed by atoms with van der Waals surface area (Å²) in [6.07, 6.45) is 4.69. The van der Waals surface area contributed by atoms with E-state index in [1.807, 2.05) is 18.5 Å². The summed E-state index contributed by atoms with van der Waals surface area (Å²) in [5.74, 6) is 0.930. The molecule has 1 unspecified atom stereocenters. The van der Waals surface area contributed by atoms with Crippen molar-refractivity contribution in [1.29, 1.82) is 0 Å². The zero-order valence-corrected chi connectivity index (χ0v) is 12.3. The maximum Gasteiger partial charge on any atom is 0.126 e. The largest absolute Gasteiger partial charge is 0.333 e. The number of aromatic nitrogens is 2. The van der Waals surface area contributed by atoms with Gasteiger partial charge in [0, 0.05) is 38.1 Å². The van der Waals surface area contributed by atoms with E-state index < -0.39 is 0 Å². The van der Waals surface area contributed by atoms with Crippen molar-refractivity contribution in [3.05, 3.63) is 53.4 Å². The molecule has 4 nitrogen and oxygen atoms in total. The van der Waals surface area contributed by atoms with Gasteiger partial charge in [0.2, 0.25) is 0 Å². The molecule has 1 aromatic carbocycles. The highest BCUT2D eigenvalue weighted by molar-refractivity contribution is 5.25. The summed E-state index contributed by atoms with van der Waals surface area (Å²) in [5.41, 5.74) is 7.72. The molecule has 1 aliphatic heterocycles. The summed E-state index contributed by atoms with van der Waals surface area (Å²) < 4.78 is 15.8. The van der Waals surface area contributed by atoms with E-state index in [1.54, 1.807) is 19.1 Å². The third-order valence-corrected chi connectivity index (χ3v) is 4.20. The Labute approximate surface area is 124 Å². The third-order valence-electron chi connectivity index (χ3n) is 4.20. The average molecular weight is 288 g/mol. The Kier molecular flexibility index (Phi) is 4.03. The third kappa shape index (κ3) is 3.14. The molecule has 21 heavy (non-hydrogen) atoms. The van der Waals surface area contributed by atoms with Crippen molar-refractivity contribution in [3.63, 3.8) is 0 Å². The number of imidazole rings is 1. The van der Waals surface area contributed by atoms with Crippen LogP contribution in [0.1, 0.15) is 29.4 Å². The maximum absolute atomic E-state index is 13.6. The molecule has 2 aromatic rings. The van der Waals surface area contributed by atoms with Gasteiger partial charge in [-0.1, -0.05) is 12.1 Å². The van der Waals surface area contributed by atoms with Crippen molar-refractivity contribution in [3.8, 4) is 0 Å². The fourth-order valence-corrected chi connectivity index (χ4v) is 2.74. The summed E-state index contributed by atoms with van der Waals surface area (Å²) in [6.45, 7) is 5.52. The molecule has 0 fully saturated rings. The minimum Gasteiger partial charge on any atom is -0.333 e. The Balaban J connectivity index is 1.56. The molecule has 0 bridgehead atoms. The summed E-state index contributed by atoms with van der Waals surface area (Å²) in [5, 5.41) is 0. The predicted octanol–water partition coefficient (Wildman–Crippen LogP) is 2.24. The van der Waals surface area contributed by atoms with Gasteiger partial charge in [0.25, 0.3) is 0 Å². The van der Waals surface area contributed by atoms with E-state index in [9.17, 15) is 4.39 Å². The molecule has 0 amide bonds. The van der Waals surface area contributed by atoms with Gasteiger partial charge in [-0.25, -0.2) is 9.37 Å². The highest BCUT2D eigenvalue weighted by Gasteiger charge is 2.17. The fourth-order valence-electron chi connectivity index (χ4n) is 2.74. The Morgan fingerprint density at radius 1 is 1.38 bits per heavy atom. The molecule has 0 radical (unpaired) electrons. The second kappa shape index (κ2) is 5.95. The van der Waals surface area contributed by atoms with E-state index in [2.05, 4.69) is 14.5 Å². The lowest BCUT2D eigenvalue weighted by atomic mass is 10.0. The monoisotopic (exact) mass is 288 g/mol. The maximum atomic E-state index is 13.6. The molecule has 1 aromatic heterocycles. The summed E-state index contributed by atoms with van der Waals surface area (Å²) in [6, 6.07) is 5.15. The Hall–Kier alpha value is -1.72. The quantitative estimate of drug-likeness (QED) is 0.938. The first-order valence-electron chi connectivity index (χ1n) is 7.37. The number of rotatable bonds is 4. The van der Waals surface area contributed by atoms with Gasteiger partial charge >= 0.3 is 0 Å². The predicted molar refractivity (Wildman–Crippen MR) is 80.2 cm³/mol. The second-order valence-electron chi connectivity index (χ2n) is 5.72. The summed E-state index contributed by atoms with van der Waals surface area (Å²) in [7, 11) is 0. The molecule has 1 aliphatic rings. The topological polar surface area (TPSA) is 47.1 Å². The number of halogens is 1. The van der Waals surface area contributed by atoms with Crippen LogP contribution in [0.5, 0.6) is 0 Å². The average Bonchev–Trinajstić information content (AvgIpc) is 2.95. The molecular weight excluding hydrogens is 267 g/mol. The standard InChI is InChI=1S/C16H21FN4/c1-12-2-3-13(10-14(12)17)15(18)4-6-20-8-9-21-7-5-19-16(21)11-20/h2-3,5,7,10,15H,4,6,8-9,11,18H2,1H3. The van der Waals surface area contributed by atoms with Crippen LogP contribution in [0.15, 0.2) is 30.6 Å². The highest BCUT2D eigenvalue weighted by Crippen LogP contribution is 2.19. The Morgan fingerprint density at radius 2 is 2.24 bits per heavy atom. The second-order valence-corrected chi connectivity index (χ2v) is 5.72. The number of aryl methyl sites for hydroxylation is 1. The molecule has 2 N–H and O–H groups in total. The van der Waals surface area contributed by atoms with E-state index >= 15 is 0 Å². The number of hydrogen-bond donors (Lipinski definition) is 1. The SMILES string of the molecule is Cc1ccc(C(N)CCN2CCn3ccnc3C2)cc1F. The van der Waals surface area contributed by atoms with E-state index in [-0.39, 0.29) is 11.9 Å². The molecule has 112 valence electrons. The van der Waals surface area contributed by atoms with Gasteiger partial charge < -0.3 is 10.3 Å². The first kappa shape index (κ1) is 14.2. The van der Waals surface area contributed by atoms with Crippen LogP contribution in [0.25, 0.3) is 0 Å². The van der Waals surface area contributed by atoms with Crippen LogP contribution >= 0.6 is 0 Å². The smallest absolute Gasteiger partial charge is 0.126 e. The lowest BCUT2D eigenvalue weighted by molar-refractivity contribution is 0.210. The lowest BCUT2D eigenvalue weighted by Gasteiger charge is -2.28. The van der Waals surface area contributed by atoms with Crippen molar-refractivity contribution in [2.24, 2.45) is 5.73 Å². The van der Waals surface area contributed by atoms with Gasteiger partial charge in [-0.05, 0) is 30.5 Å². The zero-order valence-electron chi connectivity index (χ0n) is 12.3. The molecule has 3 rings (SSSR count). The van der Waals surface area contributed by atoms with Gasteiger partial charge in [-0.3, -0.25) is 4.90 Å². The van der Waals surface area contributed by atoms with Crippen molar-refractivity contribution in [1.82, 2.24) is 14.5 Å². The van der Waals surface area contributed by atoms with Crippen LogP contribution in [0.4, 0.5) is 4.39 Å². The number of hydrogen-bond acceptors (Lipinski definition) is 3. The number of benzene rings is 1. The molecule has 1 atom stereocenters. The Bertz CT molecular complexity index is 622. The molecule has 5 heteroatoms. The summed E-state index contributed by atoms with van der Waals surface area (Å²) in [4.78, 5) is 6.71. The van der Waals surface area contributed by atoms with Crippen LogP contribution in [0, 0.1) is 12.7 Å². The van der Waals surface area contributed by atoms with Gasteiger partial charge in [0.15, 0.2) is 0 Å². The van der Waals surface area contributed by atoms with Crippen molar-refractivity contribution >= 4 is 0 Å². The van der Waals surface area contributed by atoms with Crippen molar-refractivity contribution < 1.29 is 4.39 Å². The van der Waals surface area contributed by atoms with E-state index in [0.29, 0.717) is 5.56 Å². The number of nitrogens with two attached hydrogens (primary N) is 1. The minimum atomic E-state index is -0.178.